The summed E-state index contributed by atoms with van der Waals surface area (Å²) in [6.45, 7) is 0. The van der Waals surface area contributed by atoms with Crippen molar-refractivity contribution in [2.24, 2.45) is 0 Å². The first-order chi connectivity index (χ1) is 15.6. The predicted molar refractivity (Wildman–Crippen MR) is 128 cm³/mol. The Morgan fingerprint density at radius 2 is 1.84 bits per heavy atom. The van der Waals surface area contributed by atoms with E-state index in [0.717, 1.165) is 37.2 Å². The van der Waals surface area contributed by atoms with Crippen LogP contribution in [0.1, 0.15) is 70.1 Å². The summed E-state index contributed by atoms with van der Waals surface area (Å²) in [6, 6.07) is 17.7. The number of carbonyl (C=O) groups is 1. The molecule has 1 heterocycles. The molecule has 5 rings (SSSR count). The first kappa shape index (κ1) is 20.7. The van der Waals surface area contributed by atoms with Crippen LogP contribution in [0, 0.1) is 0 Å². The van der Waals surface area contributed by atoms with E-state index in [2.05, 4.69) is 59.4 Å². The van der Waals surface area contributed by atoms with Crippen LogP contribution in [-0.2, 0) is 17.6 Å². The third kappa shape index (κ3) is 4.14. The predicted octanol–water partition coefficient (Wildman–Crippen LogP) is 6.18. The Balaban J connectivity index is 1.28. The maximum Gasteiger partial charge on any atom is 0.338 e. The van der Waals surface area contributed by atoms with Gasteiger partial charge in [-0.05, 0) is 103 Å². The molecular formula is C28H30N2O2. The highest BCUT2D eigenvalue weighted by molar-refractivity contribution is 5.90. The van der Waals surface area contributed by atoms with Crippen molar-refractivity contribution in [3.8, 4) is 0 Å². The minimum Gasteiger partial charge on any atom is -0.465 e. The third-order valence-corrected chi connectivity index (χ3v) is 7.12. The molecule has 4 heteroatoms. The van der Waals surface area contributed by atoms with Crippen molar-refractivity contribution in [3.63, 3.8) is 0 Å². The number of nitrogens with zero attached hydrogens (tertiary/aromatic N) is 2. The molecule has 1 atom stereocenters. The molecule has 3 aromatic rings. The fourth-order valence-electron chi connectivity index (χ4n) is 5.00. The topological polar surface area (TPSA) is 42.4 Å². The summed E-state index contributed by atoms with van der Waals surface area (Å²) < 4.78 is 4.93. The first-order valence-corrected chi connectivity index (χ1v) is 11.6. The zero-order valence-corrected chi connectivity index (χ0v) is 18.9. The van der Waals surface area contributed by atoms with Gasteiger partial charge in [0.15, 0.2) is 0 Å². The molecule has 0 amide bonds. The third-order valence-electron chi connectivity index (χ3n) is 7.12. The second-order valence-corrected chi connectivity index (χ2v) is 9.11. The van der Waals surface area contributed by atoms with E-state index in [1.807, 2.05) is 0 Å². The number of aryl methyl sites for hydroxylation is 2. The number of ether oxygens (including phenoxy) is 1. The van der Waals surface area contributed by atoms with Gasteiger partial charge < -0.3 is 9.64 Å². The average molecular weight is 427 g/mol. The number of rotatable bonds is 7. The minimum absolute atomic E-state index is 0.285. The zero-order chi connectivity index (χ0) is 22.1. The fraction of sp³-hybridized carbons (Fsp3) is 0.357. The van der Waals surface area contributed by atoms with Gasteiger partial charge >= 0.3 is 5.97 Å². The second kappa shape index (κ2) is 8.78. The summed E-state index contributed by atoms with van der Waals surface area (Å²) in [5.74, 6) is 1.03. The van der Waals surface area contributed by atoms with Crippen LogP contribution in [0.5, 0.6) is 0 Å². The van der Waals surface area contributed by atoms with Crippen molar-refractivity contribution < 1.29 is 9.53 Å². The van der Waals surface area contributed by atoms with Gasteiger partial charge in [0.25, 0.3) is 0 Å². The number of hydrogen-bond donors (Lipinski definition) is 0. The second-order valence-electron chi connectivity index (χ2n) is 9.11. The Bertz CT molecular complexity index is 1120. The molecule has 0 radical (unpaired) electrons. The van der Waals surface area contributed by atoms with Crippen LogP contribution in [0.25, 0.3) is 0 Å². The normalized spacial score (nSPS) is 17.1. The lowest BCUT2D eigenvalue weighted by molar-refractivity contribution is 0.0599. The number of anilines is 2. The lowest BCUT2D eigenvalue weighted by atomic mass is 9.93. The fourth-order valence-corrected chi connectivity index (χ4v) is 5.00. The van der Waals surface area contributed by atoms with Crippen molar-refractivity contribution in [2.45, 2.75) is 50.4 Å². The molecule has 0 aliphatic heterocycles. The quantitative estimate of drug-likeness (QED) is 0.423. The number of methoxy groups -OCH3 is 1. The van der Waals surface area contributed by atoms with E-state index in [0.29, 0.717) is 11.5 Å². The van der Waals surface area contributed by atoms with E-state index in [9.17, 15) is 4.79 Å². The van der Waals surface area contributed by atoms with Crippen LogP contribution >= 0.6 is 0 Å². The number of fused-ring (bicyclic) bond motifs is 1. The maximum absolute atomic E-state index is 12.0. The highest BCUT2D eigenvalue weighted by atomic mass is 16.5. The Kier molecular flexibility index (Phi) is 5.69. The molecule has 0 saturated heterocycles. The van der Waals surface area contributed by atoms with Gasteiger partial charge in [-0.1, -0.05) is 18.2 Å². The Morgan fingerprint density at radius 3 is 2.59 bits per heavy atom. The van der Waals surface area contributed by atoms with Crippen molar-refractivity contribution in [1.29, 1.82) is 0 Å². The molecule has 2 aliphatic rings. The van der Waals surface area contributed by atoms with Gasteiger partial charge in [0.1, 0.15) is 0 Å². The summed E-state index contributed by atoms with van der Waals surface area (Å²) in [5.41, 5.74) is 8.45. The van der Waals surface area contributed by atoms with Gasteiger partial charge in [0.05, 0.1) is 12.7 Å². The van der Waals surface area contributed by atoms with E-state index < -0.39 is 0 Å². The van der Waals surface area contributed by atoms with Gasteiger partial charge in [-0.3, -0.25) is 4.98 Å². The molecule has 2 aliphatic carbocycles. The molecule has 2 aromatic carbocycles. The first-order valence-electron chi connectivity index (χ1n) is 11.6. The maximum atomic E-state index is 12.0. The molecule has 4 nitrogen and oxygen atoms in total. The minimum atomic E-state index is -0.285. The van der Waals surface area contributed by atoms with Crippen LogP contribution < -0.4 is 4.90 Å². The number of aromatic nitrogens is 1. The molecule has 1 saturated carbocycles. The van der Waals surface area contributed by atoms with Crippen molar-refractivity contribution in [1.82, 2.24) is 4.98 Å². The van der Waals surface area contributed by atoms with Crippen LogP contribution in [0.3, 0.4) is 0 Å². The van der Waals surface area contributed by atoms with Gasteiger partial charge in [-0.15, -0.1) is 0 Å². The van der Waals surface area contributed by atoms with E-state index in [-0.39, 0.29) is 5.97 Å². The monoisotopic (exact) mass is 426 g/mol. The van der Waals surface area contributed by atoms with Gasteiger partial charge in [-0.25, -0.2) is 4.79 Å². The zero-order valence-electron chi connectivity index (χ0n) is 18.9. The number of benzene rings is 2. The van der Waals surface area contributed by atoms with Gasteiger partial charge in [-0.2, -0.15) is 0 Å². The van der Waals surface area contributed by atoms with E-state index in [1.165, 1.54) is 48.0 Å². The highest BCUT2D eigenvalue weighted by Gasteiger charge is 2.25. The van der Waals surface area contributed by atoms with Crippen LogP contribution in [0.4, 0.5) is 11.4 Å². The molecule has 164 valence electrons. The highest BCUT2D eigenvalue weighted by Crippen LogP contribution is 2.41. The van der Waals surface area contributed by atoms with E-state index >= 15 is 0 Å². The molecule has 0 N–H and O–H groups in total. The summed E-state index contributed by atoms with van der Waals surface area (Å²) in [7, 11) is 3.58. The van der Waals surface area contributed by atoms with Crippen LogP contribution in [0.2, 0.25) is 0 Å². The van der Waals surface area contributed by atoms with E-state index in [4.69, 9.17) is 4.74 Å². The molecule has 0 spiro atoms. The lowest BCUT2D eigenvalue weighted by Gasteiger charge is -2.21. The average Bonchev–Trinajstić information content (AvgIpc) is 3.62. The SMILES string of the molecule is COC(=O)c1ccncc1CC[C@H]1CCc2cc(N(C)c3ccc(C4CC4)cc3)ccc21. The number of esters is 1. The van der Waals surface area contributed by atoms with Gasteiger partial charge in [0, 0.05) is 30.8 Å². The smallest absolute Gasteiger partial charge is 0.338 e. The van der Waals surface area contributed by atoms with Crippen molar-refractivity contribution in [3.05, 3.63) is 88.7 Å². The lowest BCUT2D eigenvalue weighted by Crippen LogP contribution is -2.10. The molecule has 1 aromatic heterocycles. The Morgan fingerprint density at radius 1 is 1.06 bits per heavy atom. The molecular weight excluding hydrogens is 396 g/mol. The summed E-state index contributed by atoms with van der Waals surface area (Å²) in [4.78, 5) is 18.5. The number of pyridine rings is 1. The van der Waals surface area contributed by atoms with Crippen LogP contribution in [-0.4, -0.2) is 25.1 Å². The van der Waals surface area contributed by atoms with Crippen molar-refractivity contribution in [2.75, 3.05) is 19.1 Å². The number of carbonyl (C=O) groups excluding carboxylic acids is 1. The summed E-state index contributed by atoms with van der Waals surface area (Å²) >= 11 is 0. The molecule has 0 unspecified atom stereocenters. The molecule has 32 heavy (non-hydrogen) atoms. The largest absolute Gasteiger partial charge is 0.465 e. The van der Waals surface area contributed by atoms with E-state index in [1.54, 1.807) is 18.5 Å². The summed E-state index contributed by atoms with van der Waals surface area (Å²) in [6.07, 6.45) is 10.2. The van der Waals surface area contributed by atoms with Gasteiger partial charge in [0.2, 0.25) is 0 Å². The standard InChI is InChI=1S/C28H30N2O2/c1-30(24-11-9-20(10-12-24)19-3-4-19)25-13-14-26-21(5-7-22(26)17-25)6-8-23-18-29-16-15-27(23)28(31)32-2/h9-19,21H,3-8H2,1-2H3/t21-/m1/s1. The number of hydrogen-bond acceptors (Lipinski definition) is 4. The Hall–Kier alpha value is -3.14. The molecule has 1 fully saturated rings. The molecule has 0 bridgehead atoms. The Labute approximate surface area is 190 Å². The summed E-state index contributed by atoms with van der Waals surface area (Å²) in [5, 5.41) is 0. The van der Waals surface area contributed by atoms with Crippen molar-refractivity contribution >= 4 is 17.3 Å². The van der Waals surface area contributed by atoms with Crippen LogP contribution in [0.15, 0.2) is 60.9 Å².